The summed E-state index contributed by atoms with van der Waals surface area (Å²) in [4.78, 5) is 16.6. The molecule has 0 radical (unpaired) electrons. The SMILES string of the molecule is C[N+]1(C(=O)Nc2ccncc2F)N=C(C(F)(F)F)C=C1c1cccs1. The van der Waals surface area contributed by atoms with E-state index in [2.05, 4.69) is 15.4 Å². The molecule has 2 aromatic rings. The summed E-state index contributed by atoms with van der Waals surface area (Å²) >= 11 is 1.17. The van der Waals surface area contributed by atoms with E-state index in [9.17, 15) is 22.4 Å². The third-order valence-corrected chi connectivity index (χ3v) is 4.42. The Balaban J connectivity index is 2.01. The van der Waals surface area contributed by atoms with E-state index < -0.39 is 28.3 Å². The Morgan fingerprint density at radius 2 is 2.08 bits per heavy atom. The fourth-order valence-corrected chi connectivity index (χ4v) is 3.08. The molecule has 0 saturated carbocycles. The maximum atomic E-state index is 13.7. The van der Waals surface area contributed by atoms with Crippen LogP contribution in [0.4, 0.5) is 28.0 Å². The zero-order valence-corrected chi connectivity index (χ0v) is 13.5. The standard InChI is InChI=1S/C15H10F4N4OS/c1-23(14(24)21-10-4-5-20-8-9(10)16)11(12-3-2-6-25-12)7-13(22-23)15(17,18)19/h2-8H,1H3/p+1. The van der Waals surface area contributed by atoms with Gasteiger partial charge in [-0.05, 0) is 17.5 Å². The molecule has 1 aliphatic rings. The number of anilines is 1. The minimum Gasteiger partial charge on any atom is -0.270 e. The number of alkyl halides is 3. The van der Waals surface area contributed by atoms with Crippen molar-refractivity contribution in [3.05, 3.63) is 52.7 Å². The number of nitrogens with zero attached hydrogens (tertiary/aromatic N) is 3. The summed E-state index contributed by atoms with van der Waals surface area (Å²) in [7, 11) is 1.21. The molecule has 0 saturated heterocycles. The molecule has 25 heavy (non-hydrogen) atoms. The zero-order chi connectivity index (χ0) is 18.2. The molecule has 1 aliphatic heterocycles. The predicted octanol–water partition coefficient (Wildman–Crippen LogP) is 4.23. The van der Waals surface area contributed by atoms with E-state index in [0.717, 1.165) is 12.3 Å². The number of rotatable bonds is 2. The monoisotopic (exact) mass is 371 g/mol. The van der Waals surface area contributed by atoms with Crippen molar-refractivity contribution < 1.29 is 26.9 Å². The van der Waals surface area contributed by atoms with Gasteiger partial charge in [0.1, 0.15) is 7.05 Å². The Bertz CT molecular complexity index is 876. The molecule has 2 aromatic heterocycles. The number of hydrogen-bond donors (Lipinski definition) is 1. The molecule has 0 bridgehead atoms. The number of carbonyl (C=O) groups excluding carboxylic acids is 1. The van der Waals surface area contributed by atoms with Gasteiger partial charge in [-0.2, -0.15) is 13.2 Å². The maximum Gasteiger partial charge on any atom is 0.452 e. The van der Waals surface area contributed by atoms with E-state index in [-0.39, 0.29) is 11.4 Å². The number of quaternary nitrogens is 1. The lowest BCUT2D eigenvalue weighted by molar-refractivity contribution is -0.756. The first-order valence-corrected chi connectivity index (χ1v) is 7.81. The molecule has 0 spiro atoms. The van der Waals surface area contributed by atoms with E-state index in [1.54, 1.807) is 17.5 Å². The first-order valence-electron chi connectivity index (χ1n) is 6.93. The zero-order valence-electron chi connectivity index (χ0n) is 12.7. The largest absolute Gasteiger partial charge is 0.452 e. The number of amides is 2. The molecule has 3 heterocycles. The lowest BCUT2D eigenvalue weighted by atomic mass is 10.2. The van der Waals surface area contributed by atoms with Gasteiger partial charge >= 0.3 is 12.2 Å². The quantitative estimate of drug-likeness (QED) is 0.634. The second-order valence-corrected chi connectivity index (χ2v) is 6.18. The fourth-order valence-electron chi connectivity index (χ4n) is 2.26. The first-order chi connectivity index (χ1) is 11.7. The summed E-state index contributed by atoms with van der Waals surface area (Å²) in [5.41, 5.74) is -1.32. The van der Waals surface area contributed by atoms with Crippen molar-refractivity contribution in [2.45, 2.75) is 6.18 Å². The van der Waals surface area contributed by atoms with E-state index in [4.69, 9.17) is 0 Å². The number of nitrogens with one attached hydrogen (secondary N) is 1. The van der Waals surface area contributed by atoms with Crippen LogP contribution in [0.3, 0.4) is 0 Å². The summed E-state index contributed by atoms with van der Waals surface area (Å²) < 4.78 is 51.9. The van der Waals surface area contributed by atoms with Crippen LogP contribution < -0.4 is 5.32 Å². The fraction of sp³-hybridized carbons (Fsp3) is 0.133. The number of hydrogen-bond acceptors (Lipinski definition) is 4. The van der Waals surface area contributed by atoms with E-state index in [0.29, 0.717) is 4.88 Å². The van der Waals surface area contributed by atoms with E-state index in [1.165, 1.54) is 30.6 Å². The van der Waals surface area contributed by atoms with Gasteiger partial charge in [0, 0.05) is 12.3 Å². The van der Waals surface area contributed by atoms with E-state index in [1.807, 2.05) is 0 Å². The van der Waals surface area contributed by atoms with Crippen LogP contribution in [-0.4, -0.2) is 34.5 Å². The van der Waals surface area contributed by atoms with Crippen LogP contribution in [0.2, 0.25) is 0 Å². The molecule has 1 N–H and O–H groups in total. The van der Waals surface area contributed by atoms with Gasteiger partial charge < -0.3 is 0 Å². The number of carbonyl (C=O) groups is 1. The molecule has 0 aromatic carbocycles. The molecular formula is C15H11F4N4OS+. The highest BCUT2D eigenvalue weighted by molar-refractivity contribution is 7.11. The number of aromatic nitrogens is 1. The topological polar surface area (TPSA) is 54.4 Å². The Labute approximate surface area is 143 Å². The van der Waals surface area contributed by atoms with Crippen molar-refractivity contribution >= 4 is 34.5 Å². The van der Waals surface area contributed by atoms with Crippen LogP contribution in [-0.2, 0) is 0 Å². The number of allylic oxidation sites excluding steroid dienone is 1. The predicted molar refractivity (Wildman–Crippen MR) is 85.2 cm³/mol. The molecule has 10 heteroatoms. The molecule has 130 valence electrons. The van der Waals surface area contributed by atoms with Crippen LogP contribution in [0.25, 0.3) is 5.70 Å². The highest BCUT2D eigenvalue weighted by Crippen LogP contribution is 2.38. The van der Waals surface area contributed by atoms with Crippen LogP contribution in [0, 0.1) is 5.82 Å². The lowest BCUT2D eigenvalue weighted by Crippen LogP contribution is -2.44. The van der Waals surface area contributed by atoms with Gasteiger partial charge in [0.2, 0.25) is 5.71 Å². The van der Waals surface area contributed by atoms with Gasteiger partial charge in [-0.15, -0.1) is 11.3 Å². The second kappa shape index (κ2) is 6.05. The van der Waals surface area contributed by atoms with Crippen molar-refractivity contribution in [1.82, 2.24) is 4.98 Å². The molecule has 0 aliphatic carbocycles. The van der Waals surface area contributed by atoms with Crippen LogP contribution >= 0.6 is 11.3 Å². The Morgan fingerprint density at radius 1 is 1.32 bits per heavy atom. The third-order valence-electron chi connectivity index (χ3n) is 3.52. The lowest BCUT2D eigenvalue weighted by Gasteiger charge is -2.23. The number of urea groups is 1. The number of halogens is 4. The van der Waals surface area contributed by atoms with E-state index >= 15 is 0 Å². The van der Waals surface area contributed by atoms with Gasteiger partial charge in [-0.3, -0.25) is 10.3 Å². The summed E-state index contributed by atoms with van der Waals surface area (Å²) in [6, 6.07) is 3.52. The molecule has 0 fully saturated rings. The molecular weight excluding hydrogens is 360 g/mol. The summed E-state index contributed by atoms with van der Waals surface area (Å²) in [6.45, 7) is 0. The van der Waals surface area contributed by atoms with Gasteiger partial charge in [0.15, 0.2) is 11.5 Å². The minimum absolute atomic E-state index is 0.0503. The summed E-state index contributed by atoms with van der Waals surface area (Å²) in [5.74, 6) is -0.802. The van der Waals surface area contributed by atoms with Gasteiger partial charge in [0.25, 0.3) is 0 Å². The van der Waals surface area contributed by atoms with Crippen molar-refractivity contribution in [2.24, 2.45) is 5.10 Å². The van der Waals surface area contributed by atoms with Crippen molar-refractivity contribution in [1.29, 1.82) is 0 Å². The highest BCUT2D eigenvalue weighted by Gasteiger charge is 2.50. The number of thiophene rings is 1. The van der Waals surface area contributed by atoms with Crippen molar-refractivity contribution in [3.63, 3.8) is 0 Å². The van der Waals surface area contributed by atoms with Gasteiger partial charge in [-0.25, -0.2) is 9.18 Å². The maximum absolute atomic E-state index is 13.7. The average Bonchev–Trinajstić information content (AvgIpc) is 3.16. The smallest absolute Gasteiger partial charge is 0.270 e. The van der Waals surface area contributed by atoms with Crippen LogP contribution in [0.15, 0.2) is 47.2 Å². The Kier molecular flexibility index (Phi) is 4.17. The highest BCUT2D eigenvalue weighted by atomic mass is 32.1. The molecule has 1 atom stereocenters. The summed E-state index contributed by atoms with van der Waals surface area (Å²) in [5, 5.41) is 7.48. The minimum atomic E-state index is -4.71. The Hall–Kier alpha value is -2.59. The third kappa shape index (κ3) is 3.17. The molecule has 2 amide bonds. The van der Waals surface area contributed by atoms with Gasteiger partial charge in [-0.1, -0.05) is 15.8 Å². The average molecular weight is 371 g/mol. The molecule has 3 rings (SSSR count). The van der Waals surface area contributed by atoms with Crippen LogP contribution in [0.1, 0.15) is 4.88 Å². The normalized spacial score (nSPS) is 20.2. The first kappa shape index (κ1) is 17.2. The van der Waals surface area contributed by atoms with Crippen molar-refractivity contribution in [3.8, 4) is 0 Å². The second-order valence-electron chi connectivity index (χ2n) is 5.23. The molecule has 1 unspecified atom stereocenters. The summed E-state index contributed by atoms with van der Waals surface area (Å²) in [6.07, 6.45) is -1.74. The van der Waals surface area contributed by atoms with Gasteiger partial charge in [0.05, 0.1) is 16.8 Å². The van der Waals surface area contributed by atoms with Crippen molar-refractivity contribution in [2.75, 3.05) is 12.4 Å². The number of pyridine rings is 1. The molecule has 5 nitrogen and oxygen atoms in total. The van der Waals surface area contributed by atoms with Crippen LogP contribution in [0.5, 0.6) is 0 Å². The Morgan fingerprint density at radius 3 is 2.68 bits per heavy atom.